The van der Waals surface area contributed by atoms with Gasteiger partial charge in [0.05, 0.1) is 32.0 Å². The van der Waals surface area contributed by atoms with Crippen LogP contribution in [0.5, 0.6) is 0 Å². The van der Waals surface area contributed by atoms with Crippen LogP contribution in [-0.2, 0) is 23.7 Å². The van der Waals surface area contributed by atoms with Crippen LogP contribution in [-0.4, -0.2) is 140 Å². The number of hydrogen-bond donors (Lipinski definition) is 9. The van der Waals surface area contributed by atoms with E-state index in [1.54, 1.807) is 6.08 Å². The van der Waals surface area contributed by atoms with Crippen molar-refractivity contribution in [1.29, 1.82) is 0 Å². The molecular weight excluding hydrogens is 919 g/mol. The molecule has 2 fully saturated rings. The van der Waals surface area contributed by atoms with E-state index in [1.807, 2.05) is 6.08 Å². The first-order valence-electron chi connectivity index (χ1n) is 29.2. The molecule has 0 saturated carbocycles. The van der Waals surface area contributed by atoms with E-state index in [0.29, 0.717) is 12.8 Å². The summed E-state index contributed by atoms with van der Waals surface area (Å²) in [6, 6.07) is -0.934. The number of rotatable bonds is 46. The molecule has 2 aliphatic rings. The highest BCUT2D eigenvalue weighted by Gasteiger charge is 2.51. The third-order valence-electron chi connectivity index (χ3n) is 14.3. The number of carbonyl (C=O) groups is 1. The van der Waals surface area contributed by atoms with Gasteiger partial charge in [-0.05, 0) is 44.9 Å². The second-order valence-corrected chi connectivity index (χ2v) is 20.8. The Labute approximate surface area is 436 Å². The molecule has 2 heterocycles. The van der Waals surface area contributed by atoms with Crippen molar-refractivity contribution in [3.8, 4) is 0 Å². The average Bonchev–Trinajstić information content (AvgIpc) is 3.38. The Morgan fingerprint density at radius 3 is 1.36 bits per heavy atom. The van der Waals surface area contributed by atoms with Gasteiger partial charge in [-0.1, -0.05) is 217 Å². The third kappa shape index (κ3) is 30.1. The van der Waals surface area contributed by atoms with Gasteiger partial charge in [-0.2, -0.15) is 0 Å². The molecule has 1 amide bonds. The summed E-state index contributed by atoms with van der Waals surface area (Å²) >= 11 is 0. The van der Waals surface area contributed by atoms with Crippen LogP contribution in [0.1, 0.15) is 232 Å². The molecule has 12 unspecified atom stereocenters. The normalized spacial score (nSPS) is 25.8. The molecule has 2 saturated heterocycles. The van der Waals surface area contributed by atoms with Crippen LogP contribution >= 0.6 is 0 Å². The molecule has 2 aliphatic heterocycles. The van der Waals surface area contributed by atoms with Crippen LogP contribution in [0.2, 0.25) is 0 Å². The first-order valence-corrected chi connectivity index (χ1v) is 29.2. The van der Waals surface area contributed by atoms with E-state index in [2.05, 4.69) is 43.5 Å². The third-order valence-corrected chi connectivity index (χ3v) is 14.3. The van der Waals surface area contributed by atoms with E-state index in [4.69, 9.17) is 18.9 Å². The van der Waals surface area contributed by atoms with E-state index in [0.717, 1.165) is 44.9 Å². The highest BCUT2D eigenvalue weighted by molar-refractivity contribution is 5.76. The Morgan fingerprint density at radius 1 is 0.486 bits per heavy atom. The molecule has 0 aromatic rings. The van der Waals surface area contributed by atoms with Gasteiger partial charge in [-0.15, -0.1) is 0 Å². The Bertz CT molecular complexity index is 1350. The van der Waals surface area contributed by atoms with Gasteiger partial charge in [0.1, 0.15) is 48.8 Å². The van der Waals surface area contributed by atoms with Crippen molar-refractivity contribution in [3.63, 3.8) is 0 Å². The Morgan fingerprint density at radius 2 is 0.889 bits per heavy atom. The van der Waals surface area contributed by atoms with Gasteiger partial charge < -0.3 is 65.1 Å². The molecular formula is C58H107NO13. The number of aliphatic hydroxyl groups is 8. The standard InChI is InChI=1S/C58H107NO13/c1-3-5-7-9-11-13-15-17-19-20-21-22-23-24-25-26-27-28-30-32-34-36-38-40-42-50(63)59-46(47(62)41-39-37-35-33-31-29-18-16-14-12-10-8-6-4-2)45-69-57-55(68)53(66)56(49(44-61)71-57)72-58-54(67)52(65)51(64)48(43-60)70-58/h14,16,31,33,39,41,46-49,51-58,60-62,64-68H,3-13,15,17-30,32,34-38,40,42-45H2,1-2H3,(H,59,63)/b16-14+,33-31+,41-39+. The fourth-order valence-electron chi connectivity index (χ4n) is 9.56. The summed E-state index contributed by atoms with van der Waals surface area (Å²) < 4.78 is 22.7. The van der Waals surface area contributed by atoms with Crippen molar-refractivity contribution in [2.45, 2.75) is 306 Å². The van der Waals surface area contributed by atoms with Crippen LogP contribution in [0.15, 0.2) is 36.5 Å². The molecule has 0 aliphatic carbocycles. The molecule has 2 rings (SSSR count). The van der Waals surface area contributed by atoms with Crippen molar-refractivity contribution in [2.24, 2.45) is 0 Å². The Kier molecular flexibility index (Phi) is 40.9. The molecule has 422 valence electrons. The van der Waals surface area contributed by atoms with Crippen LogP contribution in [0.25, 0.3) is 0 Å². The molecule has 72 heavy (non-hydrogen) atoms. The maximum atomic E-state index is 13.2. The summed E-state index contributed by atoms with van der Waals surface area (Å²) in [5.41, 5.74) is 0. The fraction of sp³-hybridized carbons (Fsp3) is 0.879. The highest BCUT2D eigenvalue weighted by atomic mass is 16.7. The number of amides is 1. The number of ether oxygens (including phenoxy) is 4. The van der Waals surface area contributed by atoms with E-state index < -0.39 is 86.8 Å². The van der Waals surface area contributed by atoms with E-state index in [1.165, 1.54) is 154 Å². The summed E-state index contributed by atoms with van der Waals surface area (Å²) in [4.78, 5) is 13.2. The van der Waals surface area contributed by atoms with Crippen molar-refractivity contribution < 1.29 is 64.6 Å². The van der Waals surface area contributed by atoms with Gasteiger partial charge in [0.15, 0.2) is 12.6 Å². The number of aliphatic hydroxyl groups excluding tert-OH is 8. The van der Waals surface area contributed by atoms with Crippen LogP contribution in [0, 0.1) is 0 Å². The minimum absolute atomic E-state index is 0.251. The predicted octanol–water partition coefficient (Wildman–Crippen LogP) is 9.44. The van der Waals surface area contributed by atoms with Crippen LogP contribution in [0.3, 0.4) is 0 Å². The zero-order chi connectivity index (χ0) is 52.4. The molecule has 0 bridgehead atoms. The number of allylic oxidation sites excluding steroid dienone is 5. The second-order valence-electron chi connectivity index (χ2n) is 20.8. The summed E-state index contributed by atoms with van der Waals surface area (Å²) in [6.45, 7) is 2.76. The van der Waals surface area contributed by atoms with Gasteiger partial charge in [-0.25, -0.2) is 0 Å². The minimum Gasteiger partial charge on any atom is -0.394 e. The fourth-order valence-corrected chi connectivity index (χ4v) is 9.56. The minimum atomic E-state index is -1.79. The summed E-state index contributed by atoms with van der Waals surface area (Å²) in [5.74, 6) is -0.251. The lowest BCUT2D eigenvalue weighted by atomic mass is 9.97. The quantitative estimate of drug-likeness (QED) is 0.0205. The molecule has 14 heteroatoms. The number of carbonyl (C=O) groups excluding carboxylic acids is 1. The SMILES string of the molecule is CCCCCC/C=C/CC/C=C/CC/C=C/C(O)C(COC1OC(CO)C(OC2OC(CO)C(O)C(O)C2O)C(O)C1O)NC(=O)CCCCCCCCCCCCCCCCCCCCCCCCCC. The zero-order valence-electron chi connectivity index (χ0n) is 45.2. The topological polar surface area (TPSA) is 228 Å². The van der Waals surface area contributed by atoms with E-state index in [-0.39, 0.29) is 18.9 Å². The molecule has 0 aromatic heterocycles. The Hall–Kier alpha value is -1.79. The lowest BCUT2D eigenvalue weighted by Gasteiger charge is -2.46. The molecule has 9 N–H and O–H groups in total. The van der Waals surface area contributed by atoms with E-state index >= 15 is 0 Å². The van der Waals surface area contributed by atoms with Gasteiger partial charge in [-0.3, -0.25) is 4.79 Å². The monoisotopic (exact) mass is 1030 g/mol. The summed E-state index contributed by atoms with van der Waals surface area (Å²) in [5, 5.41) is 86.9. The van der Waals surface area contributed by atoms with Crippen LogP contribution in [0.4, 0.5) is 0 Å². The van der Waals surface area contributed by atoms with Crippen molar-refractivity contribution >= 4 is 5.91 Å². The maximum Gasteiger partial charge on any atom is 0.220 e. The molecule has 0 spiro atoms. The number of hydrogen-bond acceptors (Lipinski definition) is 13. The summed E-state index contributed by atoms with van der Waals surface area (Å²) in [7, 11) is 0. The molecule has 14 nitrogen and oxygen atoms in total. The van der Waals surface area contributed by atoms with Crippen molar-refractivity contribution in [1.82, 2.24) is 5.32 Å². The second kappa shape index (κ2) is 44.3. The van der Waals surface area contributed by atoms with Gasteiger partial charge in [0.2, 0.25) is 5.91 Å². The highest BCUT2D eigenvalue weighted by Crippen LogP contribution is 2.30. The van der Waals surface area contributed by atoms with Crippen molar-refractivity contribution in [2.75, 3.05) is 19.8 Å². The van der Waals surface area contributed by atoms with E-state index in [9.17, 15) is 45.6 Å². The largest absolute Gasteiger partial charge is 0.394 e. The van der Waals surface area contributed by atoms with Gasteiger partial charge >= 0.3 is 0 Å². The predicted molar refractivity (Wildman–Crippen MR) is 286 cm³/mol. The van der Waals surface area contributed by atoms with Crippen molar-refractivity contribution in [3.05, 3.63) is 36.5 Å². The Balaban J connectivity index is 1.75. The van der Waals surface area contributed by atoms with Gasteiger partial charge in [0.25, 0.3) is 0 Å². The molecule has 0 aromatic carbocycles. The average molecular weight is 1030 g/mol. The lowest BCUT2D eigenvalue weighted by Crippen LogP contribution is -2.65. The molecule has 0 radical (unpaired) electrons. The van der Waals surface area contributed by atoms with Crippen LogP contribution < -0.4 is 5.32 Å². The lowest BCUT2D eigenvalue weighted by molar-refractivity contribution is -0.359. The zero-order valence-corrected chi connectivity index (χ0v) is 45.2. The first-order chi connectivity index (χ1) is 35.1. The molecule has 12 atom stereocenters. The first kappa shape index (κ1) is 66.3. The maximum absolute atomic E-state index is 13.2. The summed E-state index contributed by atoms with van der Waals surface area (Å²) in [6.07, 6.45) is 36.2. The van der Waals surface area contributed by atoms with Gasteiger partial charge in [0, 0.05) is 6.42 Å². The number of nitrogens with one attached hydrogen (secondary N) is 1. The smallest absolute Gasteiger partial charge is 0.220 e. The number of unbranched alkanes of at least 4 members (excludes halogenated alkanes) is 29.